The van der Waals surface area contributed by atoms with Crippen LogP contribution in [-0.2, 0) is 6.61 Å². The van der Waals surface area contributed by atoms with Gasteiger partial charge in [0.1, 0.15) is 12.4 Å². The van der Waals surface area contributed by atoms with Crippen LogP contribution >= 0.6 is 22.9 Å². The number of hydrogen-bond donors (Lipinski definition) is 0. The Morgan fingerprint density at radius 2 is 1.73 bits per heavy atom. The minimum absolute atomic E-state index is 0.0753. The Bertz CT molecular complexity index is 1770. The summed E-state index contributed by atoms with van der Waals surface area (Å²) in [6.45, 7) is 0.335. The molecule has 4 nitrogen and oxygen atoms in total. The first-order valence-electron chi connectivity index (χ1n) is 10.5. The lowest BCUT2D eigenvalue weighted by Crippen LogP contribution is -2.22. The molecule has 0 N–H and O–H groups in total. The van der Waals surface area contributed by atoms with Gasteiger partial charge in [-0.1, -0.05) is 83.6 Å². The molecule has 160 valence electrons. The van der Waals surface area contributed by atoms with Gasteiger partial charge in [-0.3, -0.25) is 4.79 Å². The molecule has 0 aliphatic heterocycles. The van der Waals surface area contributed by atoms with Crippen molar-refractivity contribution in [2.75, 3.05) is 0 Å². The summed E-state index contributed by atoms with van der Waals surface area (Å²) in [5.74, 6) is 0.698. The van der Waals surface area contributed by atoms with E-state index in [9.17, 15) is 4.79 Å². The second kappa shape index (κ2) is 8.03. The first-order chi connectivity index (χ1) is 16.2. The van der Waals surface area contributed by atoms with E-state index in [-0.39, 0.29) is 5.56 Å². The van der Waals surface area contributed by atoms with Crippen molar-refractivity contribution < 1.29 is 4.74 Å². The molecule has 0 spiro atoms. The molecule has 6 aromatic rings. The van der Waals surface area contributed by atoms with Crippen LogP contribution in [0.15, 0.2) is 89.7 Å². The van der Waals surface area contributed by atoms with Crippen LogP contribution in [0.5, 0.6) is 5.75 Å². The molecule has 33 heavy (non-hydrogen) atoms. The van der Waals surface area contributed by atoms with E-state index in [1.54, 1.807) is 4.40 Å². The van der Waals surface area contributed by atoms with Gasteiger partial charge < -0.3 is 4.74 Å². The van der Waals surface area contributed by atoms with Crippen molar-refractivity contribution >= 4 is 55.8 Å². The maximum absolute atomic E-state index is 13.3. The number of halogens is 1. The van der Waals surface area contributed by atoms with Gasteiger partial charge >= 0.3 is 0 Å². The van der Waals surface area contributed by atoms with Crippen LogP contribution in [0.3, 0.4) is 0 Å². The topological polar surface area (TPSA) is 43.6 Å². The Morgan fingerprint density at radius 1 is 0.939 bits per heavy atom. The van der Waals surface area contributed by atoms with Gasteiger partial charge in [-0.05, 0) is 41.1 Å². The summed E-state index contributed by atoms with van der Waals surface area (Å²) in [6, 6.07) is 27.4. The summed E-state index contributed by atoms with van der Waals surface area (Å²) in [7, 11) is 0. The molecule has 0 radical (unpaired) electrons. The normalized spacial score (nSPS) is 12.2. The van der Waals surface area contributed by atoms with Crippen molar-refractivity contribution in [3.8, 4) is 5.75 Å². The largest absolute Gasteiger partial charge is 0.488 e. The van der Waals surface area contributed by atoms with E-state index >= 15 is 0 Å². The SMILES string of the molecule is O=c1/c(=C/c2c(OCc3ccccc3Cl)ccc3ccccc23)sc2nc3ccccc3n12. The fourth-order valence-corrected chi connectivity index (χ4v) is 5.22. The highest BCUT2D eigenvalue weighted by molar-refractivity contribution is 7.15. The Balaban J connectivity index is 1.53. The van der Waals surface area contributed by atoms with Crippen LogP contribution in [0.4, 0.5) is 0 Å². The van der Waals surface area contributed by atoms with Gasteiger partial charge in [0, 0.05) is 16.1 Å². The van der Waals surface area contributed by atoms with Crippen molar-refractivity contribution in [1.82, 2.24) is 9.38 Å². The van der Waals surface area contributed by atoms with Gasteiger partial charge in [0.2, 0.25) is 0 Å². The van der Waals surface area contributed by atoms with E-state index < -0.39 is 0 Å². The lowest BCUT2D eigenvalue weighted by Gasteiger charge is -2.12. The van der Waals surface area contributed by atoms with E-state index in [4.69, 9.17) is 16.3 Å². The summed E-state index contributed by atoms with van der Waals surface area (Å²) >= 11 is 7.70. The van der Waals surface area contributed by atoms with Crippen molar-refractivity contribution in [2.45, 2.75) is 6.61 Å². The zero-order chi connectivity index (χ0) is 22.4. The van der Waals surface area contributed by atoms with E-state index in [0.717, 1.165) is 32.9 Å². The summed E-state index contributed by atoms with van der Waals surface area (Å²) in [6.07, 6.45) is 1.92. The number of rotatable bonds is 4. The average Bonchev–Trinajstić information content (AvgIpc) is 3.35. The van der Waals surface area contributed by atoms with E-state index in [0.29, 0.717) is 26.9 Å². The molecule has 6 rings (SSSR count). The molecule has 4 aromatic carbocycles. The van der Waals surface area contributed by atoms with Crippen LogP contribution in [-0.4, -0.2) is 9.38 Å². The Morgan fingerprint density at radius 3 is 2.64 bits per heavy atom. The highest BCUT2D eigenvalue weighted by Crippen LogP contribution is 2.30. The molecule has 6 heteroatoms. The number of fused-ring (bicyclic) bond motifs is 4. The third-order valence-electron chi connectivity index (χ3n) is 5.69. The van der Waals surface area contributed by atoms with Crippen LogP contribution in [0.25, 0.3) is 32.8 Å². The number of nitrogens with zero attached hydrogens (tertiary/aromatic N) is 2. The molecular weight excluding hydrogens is 452 g/mol. The number of ether oxygens (including phenoxy) is 1. The maximum atomic E-state index is 13.3. The highest BCUT2D eigenvalue weighted by Gasteiger charge is 2.13. The highest BCUT2D eigenvalue weighted by atomic mass is 35.5. The molecule has 2 aromatic heterocycles. The molecule has 0 fully saturated rings. The Hall–Kier alpha value is -3.67. The van der Waals surface area contributed by atoms with E-state index in [2.05, 4.69) is 11.1 Å². The quantitative estimate of drug-likeness (QED) is 0.326. The standard InChI is InChI=1S/C27H17ClN2O2S/c28-21-10-4-2-8-18(21)16-32-24-14-13-17-7-1-3-9-19(17)20(24)15-25-26(31)30-23-12-6-5-11-22(23)29-27(30)33-25/h1-15H,16H2/b25-15-. The van der Waals surface area contributed by atoms with Crippen LogP contribution in [0.1, 0.15) is 11.1 Å². The molecule has 0 aliphatic carbocycles. The fraction of sp³-hybridized carbons (Fsp3) is 0.0370. The van der Waals surface area contributed by atoms with E-state index in [1.165, 1.54) is 11.3 Å². The number of hydrogen-bond acceptors (Lipinski definition) is 4. The Kier molecular flexibility index (Phi) is 4.86. The maximum Gasteiger partial charge on any atom is 0.274 e. The third kappa shape index (κ3) is 3.46. The summed E-state index contributed by atoms with van der Waals surface area (Å²) < 4.78 is 8.51. The zero-order valence-corrected chi connectivity index (χ0v) is 18.9. The van der Waals surface area contributed by atoms with Crippen molar-refractivity contribution in [3.63, 3.8) is 0 Å². The summed E-state index contributed by atoms with van der Waals surface area (Å²) in [5, 5.41) is 2.76. The molecule has 0 unspecified atom stereocenters. The molecule has 0 saturated heterocycles. The minimum atomic E-state index is -0.0753. The molecule has 0 bridgehead atoms. The summed E-state index contributed by atoms with van der Waals surface area (Å²) in [5.41, 5.74) is 3.34. The van der Waals surface area contributed by atoms with Gasteiger partial charge in [0.15, 0.2) is 4.96 Å². The first-order valence-corrected chi connectivity index (χ1v) is 11.7. The second-order valence-electron chi connectivity index (χ2n) is 7.71. The van der Waals surface area contributed by atoms with Gasteiger partial charge in [0.05, 0.1) is 15.6 Å². The van der Waals surface area contributed by atoms with Crippen LogP contribution in [0.2, 0.25) is 5.02 Å². The molecule has 0 aliphatic rings. The number of imidazole rings is 1. The minimum Gasteiger partial charge on any atom is -0.488 e. The lowest BCUT2D eigenvalue weighted by atomic mass is 10.0. The van der Waals surface area contributed by atoms with Gasteiger partial charge in [-0.25, -0.2) is 9.38 Å². The summed E-state index contributed by atoms with van der Waals surface area (Å²) in [4.78, 5) is 18.6. The number of benzene rings is 4. The van der Waals surface area contributed by atoms with Gasteiger partial charge in [-0.15, -0.1) is 0 Å². The Labute approximate surface area is 198 Å². The lowest BCUT2D eigenvalue weighted by molar-refractivity contribution is 0.306. The third-order valence-corrected chi connectivity index (χ3v) is 7.03. The van der Waals surface area contributed by atoms with Crippen LogP contribution in [0, 0.1) is 0 Å². The number of thiazole rings is 1. The second-order valence-corrected chi connectivity index (χ2v) is 9.13. The molecule has 0 saturated carbocycles. The monoisotopic (exact) mass is 468 g/mol. The van der Waals surface area contributed by atoms with Gasteiger partial charge in [0.25, 0.3) is 5.56 Å². The smallest absolute Gasteiger partial charge is 0.274 e. The molecule has 2 heterocycles. The fourth-order valence-electron chi connectivity index (χ4n) is 4.06. The average molecular weight is 469 g/mol. The predicted octanol–water partition coefficient (Wildman–Crippen LogP) is 5.84. The first kappa shape index (κ1) is 20.0. The zero-order valence-electron chi connectivity index (χ0n) is 17.4. The number of para-hydroxylation sites is 2. The molecule has 0 atom stereocenters. The molecule has 0 amide bonds. The number of aromatic nitrogens is 2. The molecular formula is C27H17ClN2O2S. The van der Waals surface area contributed by atoms with E-state index in [1.807, 2.05) is 84.9 Å². The predicted molar refractivity (Wildman–Crippen MR) is 135 cm³/mol. The van der Waals surface area contributed by atoms with Crippen molar-refractivity contribution in [1.29, 1.82) is 0 Å². The van der Waals surface area contributed by atoms with Gasteiger partial charge in [-0.2, -0.15) is 0 Å². The van der Waals surface area contributed by atoms with Crippen molar-refractivity contribution in [3.05, 3.63) is 116 Å². The van der Waals surface area contributed by atoms with Crippen molar-refractivity contribution in [2.24, 2.45) is 0 Å². The van der Waals surface area contributed by atoms with Crippen LogP contribution < -0.4 is 14.8 Å².